The molecule has 9 rings (SSSR count). The van der Waals surface area contributed by atoms with Crippen LogP contribution < -0.4 is 0 Å². The van der Waals surface area contributed by atoms with Gasteiger partial charge in [0.1, 0.15) is 0 Å². The minimum Gasteiger partial charge on any atom is -0.121 e. The lowest BCUT2D eigenvalue weighted by atomic mass is 9.74. The van der Waals surface area contributed by atoms with Gasteiger partial charge in [-0.3, -0.25) is 0 Å². The molecule has 0 saturated heterocycles. The molecule has 3 atom stereocenters. The van der Waals surface area contributed by atoms with Gasteiger partial charge in [0.2, 0.25) is 0 Å². The first-order chi connectivity index (χ1) is 21.3. The van der Waals surface area contributed by atoms with Crippen molar-refractivity contribution in [2.24, 2.45) is 0 Å². The van der Waals surface area contributed by atoms with Gasteiger partial charge in [0, 0.05) is 10.1 Å². The lowest BCUT2D eigenvalue weighted by molar-refractivity contribution is 0.412. The van der Waals surface area contributed by atoms with Crippen LogP contribution in [0, 0.1) is 0 Å². The quantitative estimate of drug-likeness (QED) is 0.204. The second-order valence-corrected chi connectivity index (χ2v) is 13.8. The van der Waals surface area contributed by atoms with Crippen LogP contribution in [0.5, 0.6) is 0 Å². The first-order valence-electron chi connectivity index (χ1n) is 15.9. The van der Waals surface area contributed by atoms with E-state index in [2.05, 4.69) is 139 Å². The molecule has 0 aromatic heterocycles. The first kappa shape index (κ1) is 25.4. The molecule has 0 spiro atoms. The lowest BCUT2D eigenvalue weighted by Crippen LogP contribution is -2.24. The van der Waals surface area contributed by atoms with Crippen molar-refractivity contribution in [3.8, 4) is 22.3 Å². The van der Waals surface area contributed by atoms with E-state index >= 15 is 0 Å². The Morgan fingerprint density at radius 1 is 0.605 bits per heavy atom. The SMILES string of the molecule is C1=Cc2c(c(-c3ccccc3)c3ccccc3c2-c2ccc3c(c2)SC2C(c4ccc5ccccc5c4)CCCC32)CC1. The van der Waals surface area contributed by atoms with Crippen LogP contribution in [0.4, 0.5) is 0 Å². The Kier molecular flexibility index (Phi) is 6.08. The van der Waals surface area contributed by atoms with Gasteiger partial charge in [-0.05, 0) is 110 Å². The van der Waals surface area contributed by atoms with Crippen molar-refractivity contribution in [1.29, 1.82) is 0 Å². The van der Waals surface area contributed by atoms with Gasteiger partial charge in [0.25, 0.3) is 0 Å². The number of fused-ring (bicyclic) bond motifs is 6. The maximum Gasteiger partial charge on any atom is 0.0232 e. The summed E-state index contributed by atoms with van der Waals surface area (Å²) in [5.41, 5.74) is 11.5. The highest BCUT2D eigenvalue weighted by Crippen LogP contribution is 2.57. The standard InChI is InChI=1S/C42H34S/c1-2-12-28(13-3-1)40-34-15-6-8-17-36(34)41(37-18-9-7-16-35(37)40)31-23-24-33-38-20-10-19-32(42(38)43-39(33)26-31)30-22-21-27-11-4-5-14-29(27)25-30/h1-6,8-9,11-15,17-18,21-26,32,38,42H,7,10,16,19-20H2. The summed E-state index contributed by atoms with van der Waals surface area (Å²) in [7, 11) is 0. The van der Waals surface area contributed by atoms with Crippen LogP contribution in [0.15, 0.2) is 126 Å². The second-order valence-electron chi connectivity index (χ2n) is 12.6. The molecular weight excluding hydrogens is 537 g/mol. The van der Waals surface area contributed by atoms with Crippen molar-refractivity contribution in [2.75, 3.05) is 0 Å². The van der Waals surface area contributed by atoms with E-state index in [0.717, 1.165) is 12.8 Å². The third-order valence-electron chi connectivity index (χ3n) is 10.3. The smallest absolute Gasteiger partial charge is 0.0232 e. The van der Waals surface area contributed by atoms with Crippen LogP contribution in [-0.2, 0) is 6.42 Å². The maximum absolute atomic E-state index is 2.54. The van der Waals surface area contributed by atoms with E-state index in [1.165, 1.54) is 84.6 Å². The zero-order chi connectivity index (χ0) is 28.3. The molecule has 1 heterocycles. The number of thioether (sulfide) groups is 1. The van der Waals surface area contributed by atoms with E-state index < -0.39 is 0 Å². The molecule has 208 valence electrons. The van der Waals surface area contributed by atoms with E-state index in [-0.39, 0.29) is 0 Å². The predicted molar refractivity (Wildman–Crippen MR) is 185 cm³/mol. The minimum atomic E-state index is 0.603. The molecule has 3 aliphatic rings. The van der Waals surface area contributed by atoms with Crippen LogP contribution >= 0.6 is 11.8 Å². The summed E-state index contributed by atoms with van der Waals surface area (Å²) < 4.78 is 0. The Morgan fingerprint density at radius 3 is 2.26 bits per heavy atom. The van der Waals surface area contributed by atoms with E-state index in [9.17, 15) is 0 Å². The molecule has 0 bridgehead atoms. The third-order valence-corrected chi connectivity index (χ3v) is 11.8. The Hall–Kier alpha value is -4.07. The number of hydrogen-bond acceptors (Lipinski definition) is 1. The van der Waals surface area contributed by atoms with Crippen molar-refractivity contribution in [3.05, 3.63) is 144 Å². The fraction of sp³-hybridized carbons (Fsp3) is 0.190. The van der Waals surface area contributed by atoms with Gasteiger partial charge in [-0.15, -0.1) is 11.8 Å². The van der Waals surface area contributed by atoms with Gasteiger partial charge in [-0.2, -0.15) is 0 Å². The predicted octanol–water partition coefficient (Wildman–Crippen LogP) is 11.8. The highest BCUT2D eigenvalue weighted by atomic mass is 32.2. The maximum atomic E-state index is 2.54. The number of allylic oxidation sites excluding steroid dienone is 1. The summed E-state index contributed by atoms with van der Waals surface area (Å²) in [4.78, 5) is 1.50. The van der Waals surface area contributed by atoms with E-state index in [0.29, 0.717) is 17.1 Å². The summed E-state index contributed by atoms with van der Waals surface area (Å²) in [6.07, 6.45) is 10.9. The first-order valence-corrected chi connectivity index (χ1v) is 16.8. The molecule has 0 nitrogen and oxygen atoms in total. The van der Waals surface area contributed by atoms with E-state index in [4.69, 9.17) is 0 Å². The topological polar surface area (TPSA) is 0 Å². The second kappa shape index (κ2) is 10.3. The molecule has 1 heteroatoms. The molecular formula is C42H34S. The van der Waals surface area contributed by atoms with Crippen molar-refractivity contribution in [3.63, 3.8) is 0 Å². The van der Waals surface area contributed by atoms with Gasteiger partial charge in [0.15, 0.2) is 0 Å². The average Bonchev–Trinajstić information content (AvgIpc) is 3.45. The van der Waals surface area contributed by atoms with E-state index in [1.54, 1.807) is 5.56 Å². The zero-order valence-corrected chi connectivity index (χ0v) is 25.1. The summed E-state index contributed by atoms with van der Waals surface area (Å²) >= 11 is 2.16. The van der Waals surface area contributed by atoms with Gasteiger partial charge in [-0.25, -0.2) is 0 Å². The van der Waals surface area contributed by atoms with Crippen molar-refractivity contribution < 1.29 is 0 Å². The summed E-state index contributed by atoms with van der Waals surface area (Å²) in [5, 5.41) is 6.06. The fourth-order valence-corrected chi connectivity index (χ4v) is 10.1. The highest BCUT2D eigenvalue weighted by Gasteiger charge is 2.41. The van der Waals surface area contributed by atoms with Crippen molar-refractivity contribution in [1.82, 2.24) is 0 Å². The summed E-state index contributed by atoms with van der Waals surface area (Å²) in [6.45, 7) is 0. The minimum absolute atomic E-state index is 0.603. The lowest BCUT2D eigenvalue weighted by Gasteiger charge is -2.34. The van der Waals surface area contributed by atoms with Crippen LogP contribution in [0.25, 0.3) is 49.9 Å². The largest absolute Gasteiger partial charge is 0.121 e. The van der Waals surface area contributed by atoms with Gasteiger partial charge in [0.05, 0.1) is 0 Å². The normalized spacial score (nSPS) is 20.6. The Bertz CT molecular complexity index is 2050. The highest BCUT2D eigenvalue weighted by molar-refractivity contribution is 8.00. The number of hydrogen-bond donors (Lipinski definition) is 0. The average molecular weight is 571 g/mol. The number of rotatable bonds is 3. The molecule has 2 aliphatic carbocycles. The molecule has 0 radical (unpaired) electrons. The fourth-order valence-electron chi connectivity index (χ4n) is 8.33. The zero-order valence-electron chi connectivity index (χ0n) is 24.3. The molecule has 43 heavy (non-hydrogen) atoms. The van der Waals surface area contributed by atoms with Crippen LogP contribution in [0.2, 0.25) is 0 Å². The molecule has 1 saturated carbocycles. The molecule has 0 amide bonds. The Morgan fingerprint density at radius 2 is 1.37 bits per heavy atom. The molecule has 1 aliphatic heterocycles. The van der Waals surface area contributed by atoms with Crippen LogP contribution in [-0.4, -0.2) is 5.25 Å². The van der Waals surface area contributed by atoms with Crippen LogP contribution in [0.1, 0.15) is 59.8 Å². The Balaban J connectivity index is 1.16. The number of benzene rings is 6. The molecule has 3 unspecified atom stereocenters. The molecule has 0 N–H and O–H groups in total. The molecule has 6 aromatic carbocycles. The van der Waals surface area contributed by atoms with Gasteiger partial charge < -0.3 is 0 Å². The van der Waals surface area contributed by atoms with Crippen molar-refractivity contribution >= 4 is 39.4 Å². The Labute approximate surface area is 258 Å². The van der Waals surface area contributed by atoms with Gasteiger partial charge >= 0.3 is 0 Å². The summed E-state index contributed by atoms with van der Waals surface area (Å²) in [6, 6.07) is 43.6. The molecule has 6 aromatic rings. The van der Waals surface area contributed by atoms with Gasteiger partial charge in [-0.1, -0.05) is 128 Å². The van der Waals surface area contributed by atoms with Crippen molar-refractivity contribution in [2.45, 2.75) is 54.1 Å². The summed E-state index contributed by atoms with van der Waals surface area (Å²) in [5.74, 6) is 1.25. The molecule has 1 fully saturated rings. The third kappa shape index (κ3) is 4.13. The van der Waals surface area contributed by atoms with E-state index in [1.807, 2.05) is 0 Å². The van der Waals surface area contributed by atoms with Crippen LogP contribution in [0.3, 0.4) is 0 Å². The monoisotopic (exact) mass is 570 g/mol.